The van der Waals surface area contributed by atoms with Crippen LogP contribution >= 0.6 is 0 Å². The van der Waals surface area contributed by atoms with E-state index in [2.05, 4.69) is 9.97 Å². The monoisotopic (exact) mass is 554 g/mol. The maximum Gasteiger partial charge on any atom is 0.320 e. The number of hydrogen-bond donors (Lipinski definition) is 1. The first-order chi connectivity index (χ1) is 19.1. The molecule has 40 heavy (non-hydrogen) atoms. The van der Waals surface area contributed by atoms with Gasteiger partial charge in [-0.15, -0.1) is 0 Å². The number of piperidine rings is 1. The average Bonchev–Trinajstić information content (AvgIpc) is 3.57. The number of halogens is 5. The molecule has 7 rings (SSSR count). The molecular weight excluding hydrogens is 531 g/mol. The third kappa shape index (κ3) is 4.00. The molecule has 2 aliphatic heterocycles. The van der Waals surface area contributed by atoms with Crippen molar-refractivity contribution >= 4 is 22.6 Å². The van der Waals surface area contributed by atoms with Gasteiger partial charge in [0.2, 0.25) is 0 Å². The van der Waals surface area contributed by atoms with Crippen molar-refractivity contribution in [1.29, 1.82) is 0 Å². The molecular formula is C28H23F5N6O. The molecule has 12 heteroatoms. The second kappa shape index (κ2) is 8.57. The van der Waals surface area contributed by atoms with E-state index in [1.165, 1.54) is 17.0 Å². The SMILES string of the molecule is O=C(N1CCn2cc(-c3c[nH]cc3-c3cnc4ccccn34)c3cc(F)cc(c32)C1)N1CC(F)(F)CC(F)(F)C1. The number of likely N-dealkylation sites (tertiary alicyclic amines) is 1. The molecule has 0 unspecified atom stereocenters. The molecule has 0 bridgehead atoms. The van der Waals surface area contributed by atoms with Gasteiger partial charge < -0.3 is 19.4 Å². The number of pyridine rings is 1. The smallest absolute Gasteiger partial charge is 0.320 e. The predicted molar refractivity (Wildman–Crippen MR) is 138 cm³/mol. The number of aromatic amines is 1. The predicted octanol–water partition coefficient (Wildman–Crippen LogP) is 6.00. The second-order valence-corrected chi connectivity index (χ2v) is 10.5. The maximum atomic E-state index is 15.0. The Morgan fingerprint density at radius 1 is 0.950 bits per heavy atom. The molecule has 4 aromatic heterocycles. The van der Waals surface area contributed by atoms with Crippen LogP contribution in [-0.2, 0) is 13.1 Å². The summed E-state index contributed by atoms with van der Waals surface area (Å²) in [7, 11) is 0. The molecule has 5 aromatic rings. The van der Waals surface area contributed by atoms with Crippen molar-refractivity contribution < 1.29 is 26.7 Å². The molecule has 0 atom stereocenters. The molecule has 1 N–H and O–H groups in total. The summed E-state index contributed by atoms with van der Waals surface area (Å²) in [5.74, 6) is -7.91. The van der Waals surface area contributed by atoms with E-state index in [1.807, 2.05) is 52.0 Å². The maximum absolute atomic E-state index is 15.0. The molecule has 7 nitrogen and oxygen atoms in total. The van der Waals surface area contributed by atoms with Crippen LogP contribution in [-0.4, -0.2) is 66.2 Å². The van der Waals surface area contributed by atoms with Gasteiger partial charge in [-0.05, 0) is 29.8 Å². The number of aromatic nitrogens is 4. The van der Waals surface area contributed by atoms with Gasteiger partial charge in [0, 0.05) is 66.5 Å². The third-order valence-corrected chi connectivity index (χ3v) is 7.62. The highest BCUT2D eigenvalue weighted by molar-refractivity contribution is 6.01. The highest BCUT2D eigenvalue weighted by Crippen LogP contribution is 2.41. The summed E-state index contributed by atoms with van der Waals surface area (Å²) in [5, 5.41) is 0.620. The van der Waals surface area contributed by atoms with Gasteiger partial charge in [0.05, 0.1) is 36.9 Å². The zero-order chi connectivity index (χ0) is 27.8. The summed E-state index contributed by atoms with van der Waals surface area (Å²) in [6.45, 7) is -1.90. The number of imidazole rings is 1. The molecule has 2 amide bonds. The summed E-state index contributed by atoms with van der Waals surface area (Å²) < 4.78 is 74.9. The number of hydrogen-bond acceptors (Lipinski definition) is 2. The topological polar surface area (TPSA) is 61.6 Å². The molecule has 1 fully saturated rings. The van der Waals surface area contributed by atoms with Crippen LogP contribution in [0.15, 0.2) is 61.3 Å². The first-order valence-corrected chi connectivity index (χ1v) is 12.8. The Hall–Kier alpha value is -4.35. The van der Waals surface area contributed by atoms with Crippen LogP contribution in [0.4, 0.5) is 26.7 Å². The fourth-order valence-electron chi connectivity index (χ4n) is 6.05. The van der Waals surface area contributed by atoms with E-state index < -0.39 is 43.2 Å². The number of urea groups is 1. The van der Waals surface area contributed by atoms with Gasteiger partial charge >= 0.3 is 6.03 Å². The minimum atomic E-state index is -3.69. The van der Waals surface area contributed by atoms with Crippen LogP contribution in [0, 0.1) is 5.82 Å². The zero-order valence-corrected chi connectivity index (χ0v) is 21.1. The largest absolute Gasteiger partial charge is 0.366 e. The van der Waals surface area contributed by atoms with Crippen LogP contribution in [0.3, 0.4) is 0 Å². The Morgan fingerprint density at radius 2 is 1.73 bits per heavy atom. The number of benzene rings is 1. The standard InChI is InChI=1S/C28H23F5N6O/c29-18-7-17-12-37(26(40)38-15-27(30,31)14-28(32,33)16-38)6-5-36-13-22(19(8-18)25(17)36)20-9-34-10-21(20)23-11-35-24-3-1-2-4-39(23)24/h1-4,7-11,13,34H,5-6,12,14-16H2. The Kier molecular flexibility index (Phi) is 5.29. The lowest BCUT2D eigenvalue weighted by Gasteiger charge is -2.39. The Balaban J connectivity index is 1.27. The average molecular weight is 555 g/mol. The highest BCUT2D eigenvalue weighted by Gasteiger charge is 2.52. The van der Waals surface area contributed by atoms with Gasteiger partial charge in [0.1, 0.15) is 11.5 Å². The number of H-pyrrole nitrogens is 1. The minimum absolute atomic E-state index is 0.0826. The van der Waals surface area contributed by atoms with E-state index >= 15 is 0 Å². The zero-order valence-electron chi connectivity index (χ0n) is 21.1. The van der Waals surface area contributed by atoms with Gasteiger partial charge in [-0.1, -0.05) is 6.07 Å². The van der Waals surface area contributed by atoms with E-state index in [9.17, 15) is 26.7 Å². The fraction of sp³-hybridized carbons (Fsp3) is 0.286. The van der Waals surface area contributed by atoms with E-state index in [0.29, 0.717) is 21.4 Å². The normalized spacial score (nSPS) is 18.4. The van der Waals surface area contributed by atoms with Gasteiger partial charge in [-0.2, -0.15) is 0 Å². The number of nitrogens with zero attached hydrogens (tertiary/aromatic N) is 5. The number of amides is 2. The molecule has 0 radical (unpaired) electrons. The summed E-state index contributed by atoms with van der Waals surface area (Å²) >= 11 is 0. The summed E-state index contributed by atoms with van der Waals surface area (Å²) in [5.41, 5.74) is 5.27. The van der Waals surface area contributed by atoms with Crippen LogP contribution in [0.1, 0.15) is 12.0 Å². The van der Waals surface area contributed by atoms with Gasteiger partial charge in [0.15, 0.2) is 0 Å². The van der Waals surface area contributed by atoms with E-state index in [4.69, 9.17) is 0 Å². The van der Waals surface area contributed by atoms with Gasteiger partial charge in [-0.3, -0.25) is 4.40 Å². The minimum Gasteiger partial charge on any atom is -0.366 e. The van der Waals surface area contributed by atoms with Crippen molar-refractivity contribution in [3.05, 3.63) is 72.7 Å². The highest BCUT2D eigenvalue weighted by atomic mass is 19.3. The van der Waals surface area contributed by atoms with E-state index in [1.54, 1.807) is 6.20 Å². The molecule has 1 saturated heterocycles. The van der Waals surface area contributed by atoms with Crippen molar-refractivity contribution in [3.63, 3.8) is 0 Å². The molecule has 0 aliphatic carbocycles. The Labute approximate surface area is 224 Å². The van der Waals surface area contributed by atoms with E-state index in [-0.39, 0.29) is 19.6 Å². The number of carbonyl (C=O) groups excluding carboxylic acids is 1. The third-order valence-electron chi connectivity index (χ3n) is 7.62. The lowest BCUT2D eigenvalue weighted by molar-refractivity contribution is -0.162. The Bertz CT molecular complexity index is 1770. The summed E-state index contributed by atoms with van der Waals surface area (Å²) in [6, 6.07) is 7.52. The van der Waals surface area contributed by atoms with Crippen molar-refractivity contribution in [2.75, 3.05) is 19.6 Å². The van der Waals surface area contributed by atoms with Gasteiger partial charge in [0.25, 0.3) is 11.8 Å². The molecule has 6 heterocycles. The number of alkyl halides is 4. The number of carbonyl (C=O) groups is 1. The number of fused-ring (bicyclic) bond motifs is 1. The van der Waals surface area contributed by atoms with E-state index in [0.717, 1.165) is 28.0 Å². The molecule has 1 aromatic carbocycles. The van der Waals surface area contributed by atoms with Crippen LogP contribution in [0.5, 0.6) is 0 Å². The van der Waals surface area contributed by atoms with Crippen molar-refractivity contribution in [2.45, 2.75) is 31.4 Å². The van der Waals surface area contributed by atoms with Crippen LogP contribution in [0.25, 0.3) is 38.9 Å². The quantitative estimate of drug-likeness (QED) is 0.272. The fourth-order valence-corrected chi connectivity index (χ4v) is 6.05. The van der Waals surface area contributed by atoms with Crippen molar-refractivity contribution in [3.8, 4) is 22.4 Å². The Morgan fingerprint density at radius 3 is 2.52 bits per heavy atom. The molecule has 206 valence electrons. The van der Waals surface area contributed by atoms with Crippen LogP contribution in [0.2, 0.25) is 0 Å². The molecule has 0 spiro atoms. The second-order valence-electron chi connectivity index (χ2n) is 10.5. The lowest BCUT2D eigenvalue weighted by Crippen LogP contribution is -2.57. The molecule has 2 aliphatic rings. The number of rotatable bonds is 2. The molecule has 0 saturated carbocycles. The van der Waals surface area contributed by atoms with Crippen LogP contribution < -0.4 is 0 Å². The van der Waals surface area contributed by atoms with Gasteiger partial charge in [-0.25, -0.2) is 31.7 Å². The summed E-state index contributed by atoms with van der Waals surface area (Å²) in [4.78, 5) is 22.5. The van der Waals surface area contributed by atoms with Crippen molar-refractivity contribution in [2.24, 2.45) is 0 Å². The first-order valence-electron chi connectivity index (χ1n) is 12.8. The number of nitrogens with one attached hydrogen (secondary N) is 1. The van der Waals surface area contributed by atoms with Crippen molar-refractivity contribution in [1.82, 2.24) is 28.7 Å². The first kappa shape index (κ1) is 24.7. The summed E-state index contributed by atoms with van der Waals surface area (Å²) in [6.07, 6.45) is 7.66. The lowest BCUT2D eigenvalue weighted by atomic mass is 10.0.